The van der Waals surface area contributed by atoms with E-state index < -0.39 is 5.60 Å². The SMILES string of the molecule is Cc1cc(C(=O)NCC2(O)CCSC2)c2ccc(F)cc2n1. The minimum Gasteiger partial charge on any atom is -0.387 e. The van der Waals surface area contributed by atoms with Gasteiger partial charge in [-0.05, 0) is 37.3 Å². The Morgan fingerprint density at radius 3 is 3.05 bits per heavy atom. The maximum absolute atomic E-state index is 13.3. The van der Waals surface area contributed by atoms with Gasteiger partial charge in [-0.15, -0.1) is 0 Å². The highest BCUT2D eigenvalue weighted by Crippen LogP contribution is 2.27. The number of aromatic nitrogens is 1. The first-order chi connectivity index (χ1) is 10.5. The van der Waals surface area contributed by atoms with Crippen LogP contribution in [0.5, 0.6) is 0 Å². The summed E-state index contributed by atoms with van der Waals surface area (Å²) in [6, 6.07) is 5.88. The molecule has 116 valence electrons. The Labute approximate surface area is 132 Å². The summed E-state index contributed by atoms with van der Waals surface area (Å²) in [5, 5.41) is 13.7. The molecule has 1 aromatic heterocycles. The van der Waals surface area contributed by atoms with Gasteiger partial charge in [0.2, 0.25) is 0 Å². The van der Waals surface area contributed by atoms with E-state index in [4.69, 9.17) is 0 Å². The van der Waals surface area contributed by atoms with E-state index in [2.05, 4.69) is 10.3 Å². The monoisotopic (exact) mass is 320 g/mol. The van der Waals surface area contributed by atoms with Gasteiger partial charge in [-0.25, -0.2) is 4.39 Å². The third-order valence-corrected chi connectivity index (χ3v) is 5.04. The van der Waals surface area contributed by atoms with Gasteiger partial charge in [-0.3, -0.25) is 9.78 Å². The van der Waals surface area contributed by atoms with Crippen molar-refractivity contribution in [2.24, 2.45) is 0 Å². The van der Waals surface area contributed by atoms with Crippen LogP contribution in [0.3, 0.4) is 0 Å². The number of amides is 1. The number of rotatable bonds is 3. The standard InChI is InChI=1S/C16H17FN2O2S/c1-10-6-13(12-3-2-11(17)7-14(12)19-10)15(20)18-8-16(21)4-5-22-9-16/h2-3,6-7,21H,4-5,8-9H2,1H3,(H,18,20). The zero-order valence-electron chi connectivity index (χ0n) is 12.2. The van der Waals surface area contributed by atoms with Crippen LogP contribution in [0.4, 0.5) is 4.39 Å². The Bertz CT molecular complexity index is 724. The zero-order chi connectivity index (χ0) is 15.7. The van der Waals surface area contributed by atoms with Gasteiger partial charge in [0, 0.05) is 29.4 Å². The summed E-state index contributed by atoms with van der Waals surface area (Å²) in [6.45, 7) is 1.99. The highest BCUT2D eigenvalue weighted by molar-refractivity contribution is 7.99. The van der Waals surface area contributed by atoms with Crippen molar-refractivity contribution < 1.29 is 14.3 Å². The van der Waals surface area contributed by atoms with Gasteiger partial charge in [-0.1, -0.05) is 0 Å². The highest BCUT2D eigenvalue weighted by atomic mass is 32.2. The first-order valence-corrected chi connectivity index (χ1v) is 8.28. The lowest BCUT2D eigenvalue weighted by Gasteiger charge is -2.21. The van der Waals surface area contributed by atoms with Crippen molar-refractivity contribution in [3.8, 4) is 0 Å². The minimum absolute atomic E-state index is 0.225. The number of carbonyl (C=O) groups is 1. The smallest absolute Gasteiger partial charge is 0.252 e. The van der Waals surface area contributed by atoms with Gasteiger partial charge in [0.05, 0.1) is 16.7 Å². The first-order valence-electron chi connectivity index (χ1n) is 7.12. The van der Waals surface area contributed by atoms with Crippen LogP contribution < -0.4 is 5.32 Å². The number of carbonyl (C=O) groups excluding carboxylic acids is 1. The first kappa shape index (κ1) is 15.2. The molecule has 4 nitrogen and oxygen atoms in total. The predicted octanol–water partition coefficient (Wildman–Crippen LogP) is 2.28. The predicted molar refractivity (Wildman–Crippen MR) is 85.7 cm³/mol. The molecule has 1 atom stereocenters. The van der Waals surface area contributed by atoms with Gasteiger partial charge in [0.25, 0.3) is 5.91 Å². The molecular formula is C16H17FN2O2S. The van der Waals surface area contributed by atoms with Crippen molar-refractivity contribution in [2.75, 3.05) is 18.1 Å². The quantitative estimate of drug-likeness (QED) is 0.911. The van der Waals surface area contributed by atoms with Gasteiger partial charge < -0.3 is 10.4 Å². The minimum atomic E-state index is -0.829. The Hall–Kier alpha value is -1.66. The van der Waals surface area contributed by atoms with Crippen molar-refractivity contribution in [3.05, 3.63) is 41.3 Å². The normalized spacial score (nSPS) is 21.2. The molecule has 0 spiro atoms. The van der Waals surface area contributed by atoms with Crippen LogP contribution in [0, 0.1) is 12.7 Å². The Kier molecular flexibility index (Phi) is 4.06. The number of nitrogens with zero attached hydrogens (tertiary/aromatic N) is 1. The Morgan fingerprint density at radius 2 is 2.32 bits per heavy atom. The molecule has 1 fully saturated rings. The van der Waals surface area contributed by atoms with E-state index in [0.29, 0.717) is 34.3 Å². The van der Waals surface area contributed by atoms with E-state index in [1.165, 1.54) is 12.1 Å². The number of nitrogens with one attached hydrogen (secondary N) is 1. The van der Waals surface area contributed by atoms with E-state index in [0.717, 1.165) is 5.75 Å². The fourth-order valence-electron chi connectivity index (χ4n) is 2.60. The van der Waals surface area contributed by atoms with Crippen LogP contribution in [0.25, 0.3) is 10.9 Å². The number of fused-ring (bicyclic) bond motifs is 1. The van der Waals surface area contributed by atoms with Gasteiger partial charge in [0.15, 0.2) is 0 Å². The van der Waals surface area contributed by atoms with Crippen molar-refractivity contribution in [1.29, 1.82) is 0 Å². The molecule has 22 heavy (non-hydrogen) atoms. The lowest BCUT2D eigenvalue weighted by Crippen LogP contribution is -2.43. The van der Waals surface area contributed by atoms with E-state index in [9.17, 15) is 14.3 Å². The maximum Gasteiger partial charge on any atom is 0.252 e. The summed E-state index contributed by atoms with van der Waals surface area (Å²) >= 11 is 1.68. The van der Waals surface area contributed by atoms with Gasteiger partial charge in [0.1, 0.15) is 5.82 Å². The highest BCUT2D eigenvalue weighted by Gasteiger charge is 2.32. The second-order valence-electron chi connectivity index (χ2n) is 5.68. The van der Waals surface area contributed by atoms with E-state index in [1.54, 1.807) is 30.8 Å². The van der Waals surface area contributed by atoms with Crippen LogP contribution >= 0.6 is 11.8 Å². The summed E-state index contributed by atoms with van der Waals surface area (Å²) in [7, 11) is 0. The molecule has 0 aliphatic carbocycles. The topological polar surface area (TPSA) is 62.2 Å². The average molecular weight is 320 g/mol. The largest absolute Gasteiger partial charge is 0.387 e. The van der Waals surface area contributed by atoms with E-state index >= 15 is 0 Å². The number of thioether (sulfide) groups is 1. The van der Waals surface area contributed by atoms with Crippen molar-refractivity contribution in [3.63, 3.8) is 0 Å². The third kappa shape index (κ3) is 3.08. The number of pyridine rings is 1. The lowest BCUT2D eigenvalue weighted by molar-refractivity contribution is 0.0613. The zero-order valence-corrected chi connectivity index (χ0v) is 13.0. The lowest BCUT2D eigenvalue weighted by atomic mass is 10.0. The molecule has 0 radical (unpaired) electrons. The summed E-state index contributed by atoms with van der Waals surface area (Å²) < 4.78 is 13.3. The molecule has 1 aliphatic rings. The second-order valence-corrected chi connectivity index (χ2v) is 6.79. The molecule has 1 aromatic carbocycles. The average Bonchev–Trinajstić information content (AvgIpc) is 2.90. The van der Waals surface area contributed by atoms with Crippen LogP contribution in [0.2, 0.25) is 0 Å². The summed E-state index contributed by atoms with van der Waals surface area (Å²) in [6.07, 6.45) is 0.680. The van der Waals surface area contributed by atoms with Crippen molar-refractivity contribution in [2.45, 2.75) is 18.9 Å². The molecular weight excluding hydrogens is 303 g/mol. The molecule has 2 N–H and O–H groups in total. The number of aryl methyl sites for hydroxylation is 1. The van der Waals surface area contributed by atoms with Crippen LogP contribution in [0.15, 0.2) is 24.3 Å². The number of halogens is 1. The number of hydrogen-bond acceptors (Lipinski definition) is 4. The molecule has 2 heterocycles. The molecule has 1 unspecified atom stereocenters. The van der Waals surface area contributed by atoms with E-state index in [1.807, 2.05) is 0 Å². The van der Waals surface area contributed by atoms with Crippen molar-refractivity contribution in [1.82, 2.24) is 10.3 Å². The van der Waals surface area contributed by atoms with Gasteiger partial charge in [-0.2, -0.15) is 11.8 Å². The summed E-state index contributed by atoms with van der Waals surface area (Å²) in [4.78, 5) is 16.7. The number of benzene rings is 1. The molecule has 3 rings (SSSR count). The fraction of sp³-hybridized carbons (Fsp3) is 0.375. The second kappa shape index (κ2) is 5.85. The summed E-state index contributed by atoms with van der Waals surface area (Å²) in [5.41, 5.74) is 0.736. The molecule has 2 aromatic rings. The molecule has 1 amide bonds. The summed E-state index contributed by atoms with van der Waals surface area (Å²) in [5.74, 6) is 0.888. The van der Waals surface area contributed by atoms with Gasteiger partial charge >= 0.3 is 0 Å². The molecule has 6 heteroatoms. The molecule has 1 saturated heterocycles. The van der Waals surface area contributed by atoms with E-state index in [-0.39, 0.29) is 18.3 Å². The maximum atomic E-state index is 13.3. The number of hydrogen-bond donors (Lipinski definition) is 2. The molecule has 0 saturated carbocycles. The van der Waals surface area contributed by atoms with Crippen LogP contribution in [-0.2, 0) is 0 Å². The van der Waals surface area contributed by atoms with Crippen molar-refractivity contribution >= 4 is 28.6 Å². The van der Waals surface area contributed by atoms with Crippen LogP contribution in [-0.4, -0.2) is 39.6 Å². The number of aliphatic hydroxyl groups is 1. The third-order valence-electron chi connectivity index (χ3n) is 3.81. The van der Waals surface area contributed by atoms with Crippen LogP contribution in [0.1, 0.15) is 22.5 Å². The molecule has 0 bridgehead atoms. The molecule has 1 aliphatic heterocycles. The fourth-order valence-corrected chi connectivity index (χ4v) is 3.89. The Morgan fingerprint density at radius 1 is 1.50 bits per heavy atom. The Balaban J connectivity index is 1.87.